The molecule has 0 saturated heterocycles. The molecule has 0 spiro atoms. The van der Waals surface area contributed by atoms with Crippen LogP contribution in [0.4, 0.5) is 0 Å². The molecule has 2 aliphatic rings. The van der Waals surface area contributed by atoms with E-state index in [4.69, 9.17) is 0 Å². The Morgan fingerprint density at radius 1 is 1.18 bits per heavy atom. The number of rotatable bonds is 5. The highest BCUT2D eigenvalue weighted by Crippen LogP contribution is 2.25. The molecule has 6 nitrogen and oxygen atoms in total. The fraction of sp³-hybridized carbons (Fsp3) is 0.591. The van der Waals surface area contributed by atoms with Crippen molar-refractivity contribution >= 4 is 5.91 Å². The van der Waals surface area contributed by atoms with Crippen molar-refractivity contribution in [3.63, 3.8) is 0 Å². The molecule has 1 aromatic carbocycles. The lowest BCUT2D eigenvalue weighted by molar-refractivity contribution is -0.134. The first-order chi connectivity index (χ1) is 13.7. The first kappa shape index (κ1) is 19.0. The molecule has 0 bridgehead atoms. The molecule has 0 radical (unpaired) electrons. The largest absolute Gasteiger partial charge is 0.346 e. The van der Waals surface area contributed by atoms with Gasteiger partial charge in [-0.25, -0.2) is 9.48 Å². The van der Waals surface area contributed by atoms with Crippen LogP contribution in [0.3, 0.4) is 0 Å². The van der Waals surface area contributed by atoms with Gasteiger partial charge < -0.3 is 4.90 Å². The van der Waals surface area contributed by atoms with E-state index in [0.29, 0.717) is 0 Å². The zero-order valence-electron chi connectivity index (χ0n) is 16.8. The van der Waals surface area contributed by atoms with Crippen molar-refractivity contribution in [2.75, 3.05) is 6.54 Å². The number of carbonyl (C=O) groups is 1. The summed E-state index contributed by atoms with van der Waals surface area (Å²) in [5.41, 5.74) is 2.62. The van der Waals surface area contributed by atoms with E-state index in [1.807, 2.05) is 4.90 Å². The summed E-state index contributed by atoms with van der Waals surface area (Å²) < 4.78 is 3.16. The van der Waals surface area contributed by atoms with Gasteiger partial charge in [-0.1, -0.05) is 37.6 Å². The van der Waals surface area contributed by atoms with Crippen molar-refractivity contribution in [1.82, 2.24) is 19.2 Å². The third-order valence-electron chi connectivity index (χ3n) is 6.11. The molecule has 1 aromatic heterocycles. The van der Waals surface area contributed by atoms with Gasteiger partial charge in [-0.3, -0.25) is 9.36 Å². The molecule has 2 aromatic rings. The van der Waals surface area contributed by atoms with Gasteiger partial charge in [0.05, 0.1) is 0 Å². The topological polar surface area (TPSA) is 60.1 Å². The molecule has 1 aliphatic carbocycles. The van der Waals surface area contributed by atoms with E-state index in [9.17, 15) is 9.59 Å². The maximum absolute atomic E-state index is 13.2. The second-order valence-corrected chi connectivity index (χ2v) is 8.07. The Balaban J connectivity index is 1.51. The normalized spacial score (nSPS) is 18.8. The number of fused-ring (bicyclic) bond motifs is 2. The quantitative estimate of drug-likeness (QED) is 0.799. The number of aromatic nitrogens is 3. The summed E-state index contributed by atoms with van der Waals surface area (Å²) in [6.45, 7) is 3.60. The highest BCUT2D eigenvalue weighted by atomic mass is 16.2. The monoisotopic (exact) mass is 382 g/mol. The van der Waals surface area contributed by atoms with Crippen molar-refractivity contribution in [3.8, 4) is 0 Å². The molecule has 1 atom stereocenters. The molecule has 0 N–H and O–H groups in total. The number of nitrogens with zero attached hydrogens (tertiary/aromatic N) is 4. The number of hydrogen-bond donors (Lipinski definition) is 0. The predicted molar refractivity (Wildman–Crippen MR) is 108 cm³/mol. The zero-order valence-corrected chi connectivity index (χ0v) is 16.8. The lowest BCUT2D eigenvalue weighted by Gasteiger charge is -2.35. The van der Waals surface area contributed by atoms with Crippen LogP contribution in [0.15, 0.2) is 29.1 Å². The summed E-state index contributed by atoms with van der Waals surface area (Å²) >= 11 is 0. The Bertz CT molecular complexity index is 898. The summed E-state index contributed by atoms with van der Waals surface area (Å²) in [6, 6.07) is 8.73. The van der Waals surface area contributed by atoms with Crippen molar-refractivity contribution in [2.45, 2.75) is 77.4 Å². The van der Waals surface area contributed by atoms with Gasteiger partial charge in [0.1, 0.15) is 12.4 Å². The van der Waals surface area contributed by atoms with Crippen molar-refractivity contribution in [2.24, 2.45) is 0 Å². The lowest BCUT2D eigenvalue weighted by Crippen LogP contribution is -2.46. The maximum Gasteiger partial charge on any atom is 0.346 e. The third-order valence-corrected chi connectivity index (χ3v) is 6.11. The van der Waals surface area contributed by atoms with E-state index in [-0.39, 0.29) is 24.2 Å². The first-order valence-electron chi connectivity index (χ1n) is 10.7. The average molecular weight is 383 g/mol. The third kappa shape index (κ3) is 3.77. The minimum atomic E-state index is -0.129. The second-order valence-electron chi connectivity index (χ2n) is 8.07. The molecule has 6 heteroatoms. The van der Waals surface area contributed by atoms with Crippen molar-refractivity contribution < 1.29 is 4.79 Å². The summed E-state index contributed by atoms with van der Waals surface area (Å²) in [7, 11) is 0. The molecule has 0 saturated carbocycles. The highest BCUT2D eigenvalue weighted by molar-refractivity contribution is 5.76. The molecule has 0 fully saturated rings. The van der Waals surface area contributed by atoms with Gasteiger partial charge >= 0.3 is 5.69 Å². The molecule has 1 aliphatic heterocycles. The van der Waals surface area contributed by atoms with Gasteiger partial charge in [0.25, 0.3) is 0 Å². The number of benzene rings is 1. The second kappa shape index (κ2) is 8.33. The SMILES string of the molecule is CCCN(C(=O)Cn1nc2n(c1=O)CCCCC2)C1CCc2ccccc2C1. The molecule has 150 valence electrons. The van der Waals surface area contributed by atoms with Crippen LogP contribution in [0, 0.1) is 0 Å². The Labute approximate surface area is 166 Å². The van der Waals surface area contributed by atoms with Gasteiger partial charge in [0, 0.05) is 25.6 Å². The van der Waals surface area contributed by atoms with Crippen LogP contribution in [-0.2, 0) is 37.1 Å². The van der Waals surface area contributed by atoms with E-state index in [1.165, 1.54) is 15.8 Å². The molecule has 1 amide bonds. The number of carbonyl (C=O) groups excluding carboxylic acids is 1. The summed E-state index contributed by atoms with van der Waals surface area (Å²) in [5.74, 6) is 0.852. The minimum absolute atomic E-state index is 0.0154. The van der Waals surface area contributed by atoms with Crippen LogP contribution in [0.1, 0.15) is 56.0 Å². The fourth-order valence-electron chi connectivity index (χ4n) is 4.64. The average Bonchev–Trinajstić information content (AvgIpc) is 2.87. The lowest BCUT2D eigenvalue weighted by atomic mass is 9.87. The van der Waals surface area contributed by atoms with Gasteiger partial charge in [-0.05, 0) is 49.7 Å². The molecule has 1 unspecified atom stereocenters. The van der Waals surface area contributed by atoms with Crippen LogP contribution in [0.2, 0.25) is 0 Å². The van der Waals surface area contributed by atoms with Gasteiger partial charge in [0.2, 0.25) is 5.91 Å². The number of amides is 1. The summed E-state index contributed by atoms with van der Waals surface area (Å²) in [5, 5.41) is 4.49. The van der Waals surface area contributed by atoms with E-state index >= 15 is 0 Å². The van der Waals surface area contributed by atoms with E-state index in [0.717, 1.165) is 70.3 Å². The minimum Gasteiger partial charge on any atom is -0.338 e. The van der Waals surface area contributed by atoms with Crippen LogP contribution in [0.5, 0.6) is 0 Å². The van der Waals surface area contributed by atoms with E-state index in [1.54, 1.807) is 4.57 Å². The molecule has 2 heterocycles. The molecular formula is C22H30N4O2. The first-order valence-corrected chi connectivity index (χ1v) is 10.7. The Morgan fingerprint density at radius 3 is 2.82 bits per heavy atom. The predicted octanol–water partition coefficient (Wildman–Crippen LogP) is 2.57. The molecule has 4 rings (SSSR count). The Kier molecular flexibility index (Phi) is 5.64. The zero-order chi connectivity index (χ0) is 19.5. The van der Waals surface area contributed by atoms with Crippen LogP contribution in [0.25, 0.3) is 0 Å². The molecular weight excluding hydrogens is 352 g/mol. The highest BCUT2D eigenvalue weighted by Gasteiger charge is 2.28. The number of hydrogen-bond acceptors (Lipinski definition) is 3. The fourth-order valence-corrected chi connectivity index (χ4v) is 4.64. The standard InChI is InChI=1S/C22H30N4O2/c1-2-13-24(19-12-11-17-8-5-6-9-18(17)15-19)21(27)16-26-22(28)25-14-7-3-4-10-20(25)23-26/h5-6,8-9,19H,2-4,7,10-16H2,1H3. The summed E-state index contributed by atoms with van der Waals surface area (Å²) in [6.07, 6.45) is 7.84. The van der Waals surface area contributed by atoms with Crippen molar-refractivity contribution in [1.29, 1.82) is 0 Å². The number of aryl methyl sites for hydroxylation is 2. The molecule has 28 heavy (non-hydrogen) atoms. The van der Waals surface area contributed by atoms with Gasteiger partial charge in [-0.15, -0.1) is 0 Å². The Hall–Kier alpha value is -2.37. The Morgan fingerprint density at radius 2 is 2.00 bits per heavy atom. The van der Waals surface area contributed by atoms with Crippen molar-refractivity contribution in [3.05, 3.63) is 51.7 Å². The smallest absolute Gasteiger partial charge is 0.338 e. The van der Waals surface area contributed by atoms with Crippen LogP contribution < -0.4 is 5.69 Å². The van der Waals surface area contributed by atoms with Crippen LogP contribution >= 0.6 is 0 Å². The van der Waals surface area contributed by atoms with Crippen LogP contribution in [-0.4, -0.2) is 37.7 Å². The van der Waals surface area contributed by atoms with E-state index < -0.39 is 0 Å². The van der Waals surface area contributed by atoms with E-state index in [2.05, 4.69) is 36.3 Å². The van der Waals surface area contributed by atoms with Gasteiger partial charge in [0.15, 0.2) is 0 Å². The summed E-state index contributed by atoms with van der Waals surface area (Å²) in [4.78, 5) is 27.9. The van der Waals surface area contributed by atoms with Gasteiger partial charge in [-0.2, -0.15) is 5.10 Å². The maximum atomic E-state index is 13.2.